The van der Waals surface area contributed by atoms with Crippen LogP contribution in [0.4, 0.5) is 0 Å². The topological polar surface area (TPSA) is 67.4 Å². The lowest BCUT2D eigenvalue weighted by Crippen LogP contribution is -2.44. The highest BCUT2D eigenvalue weighted by Crippen LogP contribution is 2.34. The Bertz CT molecular complexity index is 628. The van der Waals surface area contributed by atoms with Gasteiger partial charge in [-0.1, -0.05) is 32.0 Å². The van der Waals surface area contributed by atoms with E-state index < -0.39 is 0 Å². The Hall–Kier alpha value is -2.04. The lowest BCUT2D eigenvalue weighted by atomic mass is 10.0. The molecule has 0 spiro atoms. The highest BCUT2D eigenvalue weighted by atomic mass is 16.5. The zero-order valence-electron chi connectivity index (χ0n) is 16.4. The van der Waals surface area contributed by atoms with Gasteiger partial charge in [-0.2, -0.15) is 0 Å². The highest BCUT2D eigenvalue weighted by Gasteiger charge is 2.41. The molecule has 148 valence electrons. The maximum Gasteiger partial charge on any atom is 0.225 e. The van der Waals surface area contributed by atoms with E-state index in [4.69, 9.17) is 4.74 Å². The van der Waals surface area contributed by atoms with E-state index in [1.165, 1.54) is 0 Å². The van der Waals surface area contributed by atoms with E-state index in [1.54, 1.807) is 0 Å². The first-order valence-corrected chi connectivity index (χ1v) is 10.3. The van der Waals surface area contributed by atoms with Gasteiger partial charge < -0.3 is 15.4 Å². The molecule has 0 unspecified atom stereocenters. The van der Waals surface area contributed by atoms with Crippen molar-refractivity contribution in [3.63, 3.8) is 0 Å². The second kappa shape index (κ2) is 9.25. The van der Waals surface area contributed by atoms with Crippen LogP contribution in [0.5, 0.6) is 5.75 Å². The van der Waals surface area contributed by atoms with Crippen molar-refractivity contribution < 1.29 is 14.3 Å². The van der Waals surface area contributed by atoms with Crippen LogP contribution in [0.15, 0.2) is 30.3 Å². The van der Waals surface area contributed by atoms with Crippen LogP contribution in [0.2, 0.25) is 0 Å². The van der Waals surface area contributed by atoms with E-state index in [0.29, 0.717) is 19.1 Å². The van der Waals surface area contributed by atoms with Crippen molar-refractivity contribution in [2.75, 3.05) is 13.2 Å². The molecule has 2 aliphatic carbocycles. The summed E-state index contributed by atoms with van der Waals surface area (Å²) >= 11 is 0. The summed E-state index contributed by atoms with van der Waals surface area (Å²) < 4.78 is 5.90. The lowest BCUT2D eigenvalue weighted by molar-refractivity contribution is -0.127. The first-order valence-electron chi connectivity index (χ1n) is 10.3. The molecule has 3 rings (SSSR count). The van der Waals surface area contributed by atoms with Crippen molar-refractivity contribution in [3.8, 4) is 5.75 Å². The van der Waals surface area contributed by atoms with Crippen LogP contribution in [0, 0.1) is 23.7 Å². The molecule has 0 bridgehead atoms. The van der Waals surface area contributed by atoms with Crippen LogP contribution in [0.1, 0.15) is 46.0 Å². The zero-order valence-corrected chi connectivity index (χ0v) is 16.4. The molecule has 2 amide bonds. The molecule has 1 aromatic carbocycles. The monoisotopic (exact) mass is 372 g/mol. The molecule has 0 aliphatic heterocycles. The van der Waals surface area contributed by atoms with E-state index in [0.717, 1.165) is 37.9 Å². The standard InChI is InChI=1S/C22H32N2O3/c1-15(2)10-11-23-22(26)19-12-16(14-27-18-6-4-3-5-7-18)13-20(19)24-21(25)17-8-9-17/h3-7,15-17,19-20H,8-14H2,1-2H3,(H,23,26)(H,24,25)/t16-,19-,20-/m1/s1. The molecule has 5 heteroatoms. The molecule has 1 aromatic rings. The fourth-order valence-electron chi connectivity index (χ4n) is 3.72. The number of ether oxygens (including phenoxy) is 1. The molecule has 27 heavy (non-hydrogen) atoms. The predicted molar refractivity (Wildman–Crippen MR) is 105 cm³/mol. The Morgan fingerprint density at radius 3 is 2.52 bits per heavy atom. The van der Waals surface area contributed by atoms with Gasteiger partial charge >= 0.3 is 0 Å². The van der Waals surface area contributed by atoms with Gasteiger partial charge in [-0.15, -0.1) is 0 Å². The smallest absolute Gasteiger partial charge is 0.225 e. The number of para-hydroxylation sites is 1. The summed E-state index contributed by atoms with van der Waals surface area (Å²) in [6.07, 6.45) is 4.48. The number of rotatable bonds is 9. The third kappa shape index (κ3) is 5.98. The molecule has 0 saturated heterocycles. The minimum absolute atomic E-state index is 0.0685. The fourth-order valence-corrected chi connectivity index (χ4v) is 3.72. The first kappa shape index (κ1) is 19.7. The second-order valence-corrected chi connectivity index (χ2v) is 8.43. The Labute approximate surface area is 162 Å². The van der Waals surface area contributed by atoms with Crippen LogP contribution < -0.4 is 15.4 Å². The third-order valence-electron chi connectivity index (χ3n) is 5.52. The van der Waals surface area contributed by atoms with Gasteiger partial charge in [0.1, 0.15) is 5.75 Å². The van der Waals surface area contributed by atoms with Crippen LogP contribution in [-0.2, 0) is 9.59 Å². The summed E-state index contributed by atoms with van der Waals surface area (Å²) in [6.45, 7) is 5.58. The van der Waals surface area contributed by atoms with Crippen molar-refractivity contribution >= 4 is 11.8 Å². The van der Waals surface area contributed by atoms with Gasteiger partial charge in [-0.3, -0.25) is 9.59 Å². The van der Waals surface area contributed by atoms with Crippen molar-refractivity contribution in [2.24, 2.45) is 23.7 Å². The SMILES string of the molecule is CC(C)CCNC(=O)[C@@H]1C[C@@H](COc2ccccc2)C[C@H]1NC(=O)C1CC1. The van der Waals surface area contributed by atoms with Gasteiger partial charge in [0.15, 0.2) is 0 Å². The van der Waals surface area contributed by atoms with E-state index in [9.17, 15) is 9.59 Å². The Morgan fingerprint density at radius 1 is 1.11 bits per heavy atom. The number of carbonyl (C=O) groups is 2. The minimum atomic E-state index is -0.163. The first-order chi connectivity index (χ1) is 13.0. The molecule has 3 atom stereocenters. The van der Waals surface area contributed by atoms with E-state index in [2.05, 4.69) is 24.5 Å². The highest BCUT2D eigenvalue weighted by molar-refractivity contribution is 5.84. The number of hydrogen-bond acceptors (Lipinski definition) is 3. The molecule has 2 saturated carbocycles. The minimum Gasteiger partial charge on any atom is -0.493 e. The van der Waals surface area contributed by atoms with Gasteiger partial charge in [-0.25, -0.2) is 0 Å². The molecule has 2 fully saturated rings. The van der Waals surface area contributed by atoms with Gasteiger partial charge in [0, 0.05) is 18.5 Å². The summed E-state index contributed by atoms with van der Waals surface area (Å²) in [6, 6.07) is 9.67. The van der Waals surface area contributed by atoms with Gasteiger partial charge in [0.2, 0.25) is 11.8 Å². The van der Waals surface area contributed by atoms with Crippen LogP contribution in [-0.4, -0.2) is 31.0 Å². The van der Waals surface area contributed by atoms with Crippen molar-refractivity contribution in [2.45, 2.75) is 52.0 Å². The average Bonchev–Trinajstić information content (AvgIpc) is 3.42. The van der Waals surface area contributed by atoms with Crippen molar-refractivity contribution in [1.82, 2.24) is 10.6 Å². The number of carbonyl (C=O) groups excluding carboxylic acids is 2. The van der Waals surface area contributed by atoms with Crippen LogP contribution in [0.3, 0.4) is 0 Å². The Balaban J connectivity index is 1.55. The predicted octanol–water partition coefficient (Wildman–Crippen LogP) is 3.15. The number of nitrogens with one attached hydrogen (secondary N) is 2. The largest absolute Gasteiger partial charge is 0.493 e. The normalized spacial score (nSPS) is 24.6. The average molecular weight is 373 g/mol. The summed E-state index contributed by atoms with van der Waals surface area (Å²) in [5.74, 6) is 1.87. The maximum atomic E-state index is 12.7. The van der Waals surface area contributed by atoms with E-state index >= 15 is 0 Å². The summed E-state index contributed by atoms with van der Waals surface area (Å²) in [5.41, 5.74) is 0. The van der Waals surface area contributed by atoms with Gasteiger partial charge in [0.25, 0.3) is 0 Å². The molecule has 5 nitrogen and oxygen atoms in total. The Morgan fingerprint density at radius 2 is 1.85 bits per heavy atom. The molecular weight excluding hydrogens is 340 g/mol. The molecular formula is C22H32N2O3. The molecule has 0 radical (unpaired) electrons. The molecule has 0 heterocycles. The molecule has 2 aliphatic rings. The Kier molecular flexibility index (Phi) is 6.75. The van der Waals surface area contributed by atoms with Crippen LogP contribution >= 0.6 is 0 Å². The fraction of sp³-hybridized carbons (Fsp3) is 0.636. The number of hydrogen-bond donors (Lipinski definition) is 2. The molecule has 2 N–H and O–H groups in total. The lowest BCUT2D eigenvalue weighted by Gasteiger charge is -2.20. The summed E-state index contributed by atoms with van der Waals surface area (Å²) in [4.78, 5) is 25.0. The quantitative estimate of drug-likeness (QED) is 0.700. The zero-order chi connectivity index (χ0) is 19.2. The van der Waals surface area contributed by atoms with Crippen LogP contribution in [0.25, 0.3) is 0 Å². The summed E-state index contributed by atoms with van der Waals surface area (Å²) in [7, 11) is 0. The van der Waals surface area contributed by atoms with Crippen molar-refractivity contribution in [1.29, 1.82) is 0 Å². The number of benzene rings is 1. The van der Waals surface area contributed by atoms with Gasteiger partial charge in [0.05, 0.1) is 12.5 Å². The molecule has 0 aromatic heterocycles. The second-order valence-electron chi connectivity index (χ2n) is 8.43. The maximum absolute atomic E-state index is 12.7. The number of amides is 2. The van der Waals surface area contributed by atoms with Gasteiger partial charge in [-0.05, 0) is 56.1 Å². The third-order valence-corrected chi connectivity index (χ3v) is 5.52. The van der Waals surface area contributed by atoms with E-state index in [1.807, 2.05) is 30.3 Å². The van der Waals surface area contributed by atoms with E-state index in [-0.39, 0.29) is 35.6 Å². The van der Waals surface area contributed by atoms with Crippen molar-refractivity contribution in [3.05, 3.63) is 30.3 Å². The summed E-state index contributed by atoms with van der Waals surface area (Å²) in [5, 5.41) is 6.21.